The number of carbonyl (C=O) groups is 3. The predicted octanol–water partition coefficient (Wildman–Crippen LogP) is 2.11. The molecule has 1 unspecified atom stereocenters. The number of ether oxygens (including phenoxy) is 1. The number of amides is 2. The minimum atomic E-state index is -1.13. The smallest absolute Gasteiger partial charge is 0.410 e. The molecule has 1 fully saturated rings. The van der Waals surface area contributed by atoms with Gasteiger partial charge in [0.1, 0.15) is 12.6 Å². The number of hydrogen-bond acceptors (Lipinski definition) is 4. The monoisotopic (exact) mass is 348 g/mol. The van der Waals surface area contributed by atoms with Crippen LogP contribution in [0, 0.1) is 0 Å². The summed E-state index contributed by atoms with van der Waals surface area (Å²) in [4.78, 5) is 38.8. The second-order valence-corrected chi connectivity index (χ2v) is 6.15. The Morgan fingerprint density at radius 1 is 1.16 bits per heavy atom. The number of benzene rings is 1. The van der Waals surface area contributed by atoms with Gasteiger partial charge in [-0.1, -0.05) is 30.3 Å². The first-order valence-electron chi connectivity index (χ1n) is 8.43. The molecule has 0 aromatic heterocycles. The van der Waals surface area contributed by atoms with Gasteiger partial charge in [0.15, 0.2) is 0 Å². The number of rotatable bonds is 6. The highest BCUT2D eigenvalue weighted by atomic mass is 16.6. The third kappa shape index (κ3) is 5.48. The Morgan fingerprint density at radius 3 is 2.40 bits per heavy atom. The van der Waals surface area contributed by atoms with Crippen molar-refractivity contribution in [2.45, 2.75) is 38.3 Å². The number of aliphatic carboxylic acids is 1. The zero-order valence-electron chi connectivity index (χ0n) is 14.4. The van der Waals surface area contributed by atoms with Gasteiger partial charge in [-0.2, -0.15) is 0 Å². The van der Waals surface area contributed by atoms with Crippen molar-refractivity contribution in [2.24, 2.45) is 0 Å². The van der Waals surface area contributed by atoms with Crippen LogP contribution in [0.5, 0.6) is 0 Å². The van der Waals surface area contributed by atoms with E-state index in [0.717, 1.165) is 29.7 Å². The molecule has 0 radical (unpaired) electrons. The first-order valence-corrected chi connectivity index (χ1v) is 8.43. The average Bonchev–Trinajstić information content (AvgIpc) is 2.64. The Bertz CT molecular complexity index is 599. The van der Waals surface area contributed by atoms with Crippen LogP contribution in [0.3, 0.4) is 0 Å². The molecule has 136 valence electrons. The van der Waals surface area contributed by atoms with Crippen molar-refractivity contribution in [2.75, 3.05) is 20.1 Å². The summed E-state index contributed by atoms with van der Waals surface area (Å²) in [6, 6.07) is 8.11. The van der Waals surface area contributed by atoms with Gasteiger partial charge in [0.05, 0.1) is 6.42 Å². The van der Waals surface area contributed by atoms with Crippen LogP contribution in [-0.2, 0) is 20.9 Å². The lowest BCUT2D eigenvalue weighted by molar-refractivity contribution is -0.145. The Hall–Kier alpha value is -2.57. The van der Waals surface area contributed by atoms with Gasteiger partial charge in [-0.25, -0.2) is 4.79 Å². The van der Waals surface area contributed by atoms with Crippen LogP contribution in [0.15, 0.2) is 30.3 Å². The first kappa shape index (κ1) is 18.8. The third-order valence-electron chi connectivity index (χ3n) is 4.28. The number of nitrogens with zero attached hydrogens (tertiary/aromatic N) is 2. The quantitative estimate of drug-likeness (QED) is 0.851. The Morgan fingerprint density at radius 2 is 1.80 bits per heavy atom. The van der Waals surface area contributed by atoms with Crippen LogP contribution < -0.4 is 0 Å². The van der Waals surface area contributed by atoms with Crippen molar-refractivity contribution >= 4 is 18.0 Å². The number of piperidine rings is 1. The summed E-state index contributed by atoms with van der Waals surface area (Å²) < 4.78 is 5.21. The summed E-state index contributed by atoms with van der Waals surface area (Å²) in [7, 11) is 1.41. The fraction of sp³-hybridized carbons (Fsp3) is 0.500. The SMILES string of the molecule is CN(C(=O)OCc1ccccc1)C(CC(=O)O)C(=O)N1CCCCC1. The largest absolute Gasteiger partial charge is 0.481 e. The lowest BCUT2D eigenvalue weighted by Gasteiger charge is -2.33. The topological polar surface area (TPSA) is 87.1 Å². The molecular formula is C18H24N2O5. The number of likely N-dealkylation sites (tertiary alicyclic amines) is 1. The summed E-state index contributed by atoms with van der Waals surface area (Å²) in [5, 5.41) is 9.12. The van der Waals surface area contributed by atoms with Crippen LogP contribution in [0.25, 0.3) is 0 Å². The van der Waals surface area contributed by atoms with Gasteiger partial charge in [0.25, 0.3) is 0 Å². The van der Waals surface area contributed by atoms with E-state index < -0.39 is 24.5 Å². The van der Waals surface area contributed by atoms with E-state index in [-0.39, 0.29) is 12.5 Å². The van der Waals surface area contributed by atoms with Gasteiger partial charge in [0.2, 0.25) is 5.91 Å². The highest BCUT2D eigenvalue weighted by molar-refractivity contribution is 5.89. The molecule has 1 aromatic carbocycles. The van der Waals surface area contributed by atoms with Crippen molar-refractivity contribution in [3.05, 3.63) is 35.9 Å². The lowest BCUT2D eigenvalue weighted by atomic mass is 10.1. The second-order valence-electron chi connectivity index (χ2n) is 6.15. The zero-order valence-corrected chi connectivity index (χ0v) is 14.4. The minimum Gasteiger partial charge on any atom is -0.481 e. The van der Waals surface area contributed by atoms with E-state index in [1.807, 2.05) is 30.3 Å². The Balaban J connectivity index is 2.00. The van der Waals surface area contributed by atoms with Crippen molar-refractivity contribution in [1.82, 2.24) is 9.80 Å². The second kappa shape index (κ2) is 9.05. The standard InChI is InChI=1S/C18H24N2O5/c1-19(18(24)25-13-14-8-4-2-5-9-14)15(12-16(21)22)17(23)20-10-6-3-7-11-20/h2,4-5,8-9,15H,3,6-7,10-13H2,1H3,(H,21,22). The van der Waals surface area contributed by atoms with Crippen molar-refractivity contribution in [1.29, 1.82) is 0 Å². The molecule has 2 rings (SSSR count). The maximum Gasteiger partial charge on any atom is 0.410 e. The van der Waals surface area contributed by atoms with E-state index in [2.05, 4.69) is 0 Å². The minimum absolute atomic E-state index is 0.0711. The maximum atomic E-state index is 12.7. The molecule has 1 aliphatic rings. The average molecular weight is 348 g/mol. The normalized spacial score (nSPS) is 15.3. The van der Waals surface area contributed by atoms with E-state index >= 15 is 0 Å². The zero-order chi connectivity index (χ0) is 18.2. The lowest BCUT2D eigenvalue weighted by Crippen LogP contribution is -2.51. The number of carboxylic acids is 1. The van der Waals surface area contributed by atoms with Gasteiger partial charge in [-0.3, -0.25) is 14.5 Å². The number of carboxylic acid groups (broad SMARTS) is 1. The fourth-order valence-electron chi connectivity index (χ4n) is 2.83. The van der Waals surface area contributed by atoms with E-state index in [9.17, 15) is 14.4 Å². The molecule has 7 nitrogen and oxygen atoms in total. The molecular weight excluding hydrogens is 324 g/mol. The molecule has 1 saturated heterocycles. The molecule has 1 N–H and O–H groups in total. The van der Waals surface area contributed by atoms with Crippen molar-refractivity contribution in [3.63, 3.8) is 0 Å². The van der Waals surface area contributed by atoms with Crippen LogP contribution in [0.4, 0.5) is 4.79 Å². The highest BCUT2D eigenvalue weighted by Gasteiger charge is 2.33. The molecule has 25 heavy (non-hydrogen) atoms. The molecule has 1 atom stereocenters. The van der Waals surface area contributed by atoms with Crippen LogP contribution in [-0.4, -0.2) is 59.1 Å². The molecule has 2 amide bonds. The predicted molar refractivity (Wildman–Crippen MR) is 90.9 cm³/mol. The maximum absolute atomic E-state index is 12.7. The number of carbonyl (C=O) groups excluding carboxylic acids is 2. The summed E-state index contributed by atoms with van der Waals surface area (Å²) in [6.45, 7) is 1.27. The van der Waals surface area contributed by atoms with Gasteiger partial charge >= 0.3 is 12.1 Å². The molecule has 0 aliphatic carbocycles. The van der Waals surface area contributed by atoms with Gasteiger partial charge < -0.3 is 14.7 Å². The van der Waals surface area contributed by atoms with E-state index in [0.29, 0.717) is 13.1 Å². The van der Waals surface area contributed by atoms with E-state index in [4.69, 9.17) is 9.84 Å². The summed E-state index contributed by atoms with van der Waals surface area (Å²) >= 11 is 0. The number of likely N-dealkylation sites (N-methyl/N-ethyl adjacent to an activating group) is 1. The summed E-state index contributed by atoms with van der Waals surface area (Å²) in [5.74, 6) is -1.46. The first-order chi connectivity index (χ1) is 12.0. The molecule has 1 heterocycles. The molecule has 1 aliphatic heterocycles. The summed E-state index contributed by atoms with van der Waals surface area (Å²) in [6.07, 6.45) is 1.70. The molecule has 0 bridgehead atoms. The van der Waals surface area contributed by atoms with Crippen LogP contribution >= 0.6 is 0 Å². The molecule has 0 saturated carbocycles. The molecule has 1 aromatic rings. The van der Waals surface area contributed by atoms with Crippen molar-refractivity contribution < 1.29 is 24.2 Å². The van der Waals surface area contributed by atoms with E-state index in [1.165, 1.54) is 7.05 Å². The fourth-order valence-corrected chi connectivity index (χ4v) is 2.83. The van der Waals surface area contributed by atoms with Gasteiger partial charge in [-0.15, -0.1) is 0 Å². The Kier molecular flexibility index (Phi) is 6.80. The third-order valence-corrected chi connectivity index (χ3v) is 4.28. The summed E-state index contributed by atoms with van der Waals surface area (Å²) in [5.41, 5.74) is 0.821. The van der Waals surface area contributed by atoms with Gasteiger partial charge in [-0.05, 0) is 24.8 Å². The molecule has 0 spiro atoms. The highest BCUT2D eigenvalue weighted by Crippen LogP contribution is 2.15. The van der Waals surface area contributed by atoms with Gasteiger partial charge in [0, 0.05) is 20.1 Å². The Labute approximate surface area is 147 Å². The van der Waals surface area contributed by atoms with Crippen LogP contribution in [0.1, 0.15) is 31.2 Å². The number of hydrogen-bond donors (Lipinski definition) is 1. The van der Waals surface area contributed by atoms with E-state index in [1.54, 1.807) is 4.90 Å². The van der Waals surface area contributed by atoms with Crippen LogP contribution in [0.2, 0.25) is 0 Å². The molecule has 7 heteroatoms. The van der Waals surface area contributed by atoms with Crippen molar-refractivity contribution in [3.8, 4) is 0 Å².